The highest BCUT2D eigenvalue weighted by Gasteiger charge is 2.09. The zero-order chi connectivity index (χ0) is 8.81. The molecule has 1 aliphatic rings. The predicted molar refractivity (Wildman–Crippen MR) is 51.0 cm³/mol. The number of allylic oxidation sites excluding steroid dienone is 2. The van der Waals surface area contributed by atoms with Gasteiger partial charge in [0.1, 0.15) is 0 Å². The van der Waals surface area contributed by atoms with Gasteiger partial charge in [-0.05, 0) is 12.5 Å². The average Bonchev–Trinajstić information content (AvgIpc) is 2.15. The molecule has 0 amide bonds. The molecule has 0 aromatic rings. The van der Waals surface area contributed by atoms with Gasteiger partial charge in [0, 0.05) is 18.8 Å². The Hall–Kier alpha value is -0.760. The van der Waals surface area contributed by atoms with Crippen LogP contribution in [-0.4, -0.2) is 31.2 Å². The third-order valence-electron chi connectivity index (χ3n) is 1.96. The summed E-state index contributed by atoms with van der Waals surface area (Å²) in [6.07, 6.45) is 5.30. The quantitative estimate of drug-likeness (QED) is 0.594. The van der Waals surface area contributed by atoms with Crippen LogP contribution >= 0.6 is 0 Å². The van der Waals surface area contributed by atoms with Gasteiger partial charge in [0.05, 0.1) is 13.2 Å². The summed E-state index contributed by atoms with van der Waals surface area (Å²) in [5, 5.41) is 0. The van der Waals surface area contributed by atoms with Gasteiger partial charge in [-0.15, -0.1) is 0 Å². The molecule has 2 nitrogen and oxygen atoms in total. The molecule has 0 aliphatic carbocycles. The molecule has 0 spiro atoms. The molecule has 68 valence electrons. The third kappa shape index (κ3) is 2.70. The van der Waals surface area contributed by atoms with Crippen molar-refractivity contribution in [1.29, 1.82) is 0 Å². The predicted octanol–water partition coefficient (Wildman–Crippen LogP) is 1.80. The van der Waals surface area contributed by atoms with Crippen LogP contribution in [0.4, 0.5) is 0 Å². The summed E-state index contributed by atoms with van der Waals surface area (Å²) in [6.45, 7) is 9.75. The number of rotatable bonds is 3. The summed E-state index contributed by atoms with van der Waals surface area (Å²) in [4.78, 5) is 2.26. The van der Waals surface area contributed by atoms with Crippen LogP contribution in [0.15, 0.2) is 24.4 Å². The van der Waals surface area contributed by atoms with Crippen molar-refractivity contribution < 1.29 is 4.74 Å². The lowest BCUT2D eigenvalue weighted by molar-refractivity contribution is 0.0556. The van der Waals surface area contributed by atoms with Crippen LogP contribution in [-0.2, 0) is 4.74 Å². The fourth-order valence-corrected chi connectivity index (χ4v) is 1.21. The van der Waals surface area contributed by atoms with Crippen molar-refractivity contribution in [2.45, 2.75) is 13.3 Å². The first-order valence-corrected chi connectivity index (χ1v) is 4.52. The lowest BCUT2D eigenvalue weighted by Gasteiger charge is -2.28. The van der Waals surface area contributed by atoms with E-state index in [1.165, 1.54) is 0 Å². The Morgan fingerprint density at radius 1 is 1.50 bits per heavy atom. The maximum absolute atomic E-state index is 5.25. The van der Waals surface area contributed by atoms with Crippen molar-refractivity contribution in [3.05, 3.63) is 24.4 Å². The molecule has 0 N–H and O–H groups in total. The highest BCUT2D eigenvalue weighted by Crippen LogP contribution is 2.06. The van der Waals surface area contributed by atoms with Crippen LogP contribution in [0.2, 0.25) is 0 Å². The number of hydrogen-bond donors (Lipinski definition) is 0. The molecule has 1 heterocycles. The van der Waals surface area contributed by atoms with E-state index in [0.29, 0.717) is 0 Å². The lowest BCUT2D eigenvalue weighted by Crippen LogP contribution is -2.34. The summed E-state index contributed by atoms with van der Waals surface area (Å²) in [7, 11) is 0. The number of ether oxygens (including phenoxy) is 1. The first-order chi connectivity index (χ1) is 5.84. The van der Waals surface area contributed by atoms with Crippen LogP contribution in [0.5, 0.6) is 0 Å². The molecule has 1 rings (SSSR count). The van der Waals surface area contributed by atoms with E-state index in [4.69, 9.17) is 4.74 Å². The largest absolute Gasteiger partial charge is 0.378 e. The van der Waals surface area contributed by atoms with E-state index in [-0.39, 0.29) is 0 Å². The highest BCUT2D eigenvalue weighted by atomic mass is 16.5. The zero-order valence-corrected chi connectivity index (χ0v) is 7.75. The molecular formula is C10H17NO. The zero-order valence-electron chi connectivity index (χ0n) is 7.75. The second-order valence-corrected chi connectivity index (χ2v) is 2.90. The molecule has 0 unspecified atom stereocenters. The Bertz CT molecular complexity index is 169. The average molecular weight is 167 g/mol. The minimum Gasteiger partial charge on any atom is -0.378 e. The van der Waals surface area contributed by atoms with Crippen LogP contribution in [0.3, 0.4) is 0 Å². The summed E-state index contributed by atoms with van der Waals surface area (Å²) in [6, 6.07) is 0. The van der Waals surface area contributed by atoms with Gasteiger partial charge in [-0.3, -0.25) is 0 Å². The molecule has 0 aromatic carbocycles. The lowest BCUT2D eigenvalue weighted by atomic mass is 10.3. The molecule has 1 aliphatic heterocycles. The fraction of sp³-hybridized carbons (Fsp3) is 0.600. The second-order valence-electron chi connectivity index (χ2n) is 2.90. The monoisotopic (exact) mass is 167 g/mol. The first-order valence-electron chi connectivity index (χ1n) is 4.52. The van der Waals surface area contributed by atoms with E-state index in [2.05, 4.69) is 30.6 Å². The van der Waals surface area contributed by atoms with E-state index >= 15 is 0 Å². The Morgan fingerprint density at radius 2 is 2.17 bits per heavy atom. The maximum Gasteiger partial charge on any atom is 0.0642 e. The van der Waals surface area contributed by atoms with Gasteiger partial charge in [0.25, 0.3) is 0 Å². The van der Waals surface area contributed by atoms with E-state index in [1.807, 2.05) is 0 Å². The normalized spacial score (nSPS) is 18.6. The van der Waals surface area contributed by atoms with Gasteiger partial charge < -0.3 is 9.64 Å². The molecule has 1 fully saturated rings. The Balaban J connectivity index is 2.34. The van der Waals surface area contributed by atoms with Gasteiger partial charge in [0.2, 0.25) is 0 Å². The highest BCUT2D eigenvalue weighted by molar-refractivity contribution is 5.13. The minimum atomic E-state index is 0.832. The Labute approximate surface area is 74.5 Å². The molecule has 1 saturated heterocycles. The van der Waals surface area contributed by atoms with Crippen LogP contribution in [0.1, 0.15) is 13.3 Å². The molecule has 2 heteroatoms. The third-order valence-corrected chi connectivity index (χ3v) is 1.96. The van der Waals surface area contributed by atoms with E-state index in [9.17, 15) is 0 Å². The summed E-state index contributed by atoms with van der Waals surface area (Å²) in [5.41, 5.74) is 1.11. The Morgan fingerprint density at radius 3 is 2.75 bits per heavy atom. The van der Waals surface area contributed by atoms with Crippen LogP contribution in [0.25, 0.3) is 0 Å². The van der Waals surface area contributed by atoms with Crippen LogP contribution in [0, 0.1) is 0 Å². The van der Waals surface area contributed by atoms with Gasteiger partial charge in [-0.25, -0.2) is 0 Å². The molecule has 0 atom stereocenters. The van der Waals surface area contributed by atoms with Gasteiger partial charge in [-0.2, -0.15) is 0 Å². The van der Waals surface area contributed by atoms with Crippen molar-refractivity contribution in [1.82, 2.24) is 4.90 Å². The second kappa shape index (κ2) is 4.99. The van der Waals surface area contributed by atoms with E-state index < -0.39 is 0 Å². The molecule has 0 saturated carbocycles. The number of morpholine rings is 1. The smallest absolute Gasteiger partial charge is 0.0642 e. The van der Waals surface area contributed by atoms with Gasteiger partial charge >= 0.3 is 0 Å². The fourth-order valence-electron chi connectivity index (χ4n) is 1.21. The number of hydrogen-bond acceptors (Lipinski definition) is 2. The van der Waals surface area contributed by atoms with Gasteiger partial charge in [-0.1, -0.05) is 19.6 Å². The molecule has 12 heavy (non-hydrogen) atoms. The molecule has 0 radical (unpaired) electrons. The number of nitrogens with zero attached hydrogens (tertiary/aromatic N) is 1. The Kier molecular flexibility index (Phi) is 3.88. The molecule has 0 bridgehead atoms. The van der Waals surface area contributed by atoms with Crippen LogP contribution < -0.4 is 0 Å². The topological polar surface area (TPSA) is 12.5 Å². The first kappa shape index (κ1) is 9.33. The summed E-state index contributed by atoms with van der Waals surface area (Å²) in [5.74, 6) is 0. The standard InChI is InChI=1S/C10H17NO/c1-3-4-5-10(2)11-6-8-12-9-7-11/h4-5H,2-3,6-9H2,1H3/b5-4-. The SMILES string of the molecule is C=C(/C=C\CC)N1CCOCC1. The molecular weight excluding hydrogens is 150 g/mol. The van der Waals surface area contributed by atoms with E-state index in [0.717, 1.165) is 38.4 Å². The van der Waals surface area contributed by atoms with E-state index in [1.54, 1.807) is 0 Å². The maximum atomic E-state index is 5.25. The van der Waals surface area contributed by atoms with Crippen molar-refractivity contribution >= 4 is 0 Å². The van der Waals surface area contributed by atoms with Crippen molar-refractivity contribution in [2.24, 2.45) is 0 Å². The van der Waals surface area contributed by atoms with Gasteiger partial charge in [0.15, 0.2) is 0 Å². The van der Waals surface area contributed by atoms with Crippen molar-refractivity contribution in [3.63, 3.8) is 0 Å². The summed E-state index contributed by atoms with van der Waals surface area (Å²) < 4.78 is 5.25. The van der Waals surface area contributed by atoms with Crippen molar-refractivity contribution in [3.8, 4) is 0 Å². The summed E-state index contributed by atoms with van der Waals surface area (Å²) >= 11 is 0. The molecule has 0 aromatic heterocycles. The minimum absolute atomic E-state index is 0.832. The van der Waals surface area contributed by atoms with Crippen molar-refractivity contribution in [2.75, 3.05) is 26.3 Å².